The van der Waals surface area contributed by atoms with Gasteiger partial charge in [0, 0.05) is 6.04 Å². The van der Waals surface area contributed by atoms with Gasteiger partial charge in [0.15, 0.2) is 9.84 Å². The number of rotatable bonds is 5. The topological polar surface area (TPSA) is 101 Å². The van der Waals surface area contributed by atoms with E-state index in [2.05, 4.69) is 5.32 Å². The lowest BCUT2D eigenvalue weighted by molar-refractivity contribution is -0.143. The highest BCUT2D eigenvalue weighted by molar-refractivity contribution is 7.92. The molecule has 0 spiro atoms. The number of amides is 1. The van der Waals surface area contributed by atoms with Crippen LogP contribution in [-0.4, -0.2) is 42.4 Å². The summed E-state index contributed by atoms with van der Waals surface area (Å²) >= 11 is 0. The second-order valence-electron chi connectivity index (χ2n) is 5.97. The average molecular weight is 319 g/mol. The van der Waals surface area contributed by atoms with Crippen LogP contribution < -0.4 is 5.32 Å². The molecule has 1 fully saturated rings. The van der Waals surface area contributed by atoms with Crippen molar-refractivity contribution in [3.8, 4) is 0 Å². The van der Waals surface area contributed by atoms with Crippen LogP contribution in [0.3, 0.4) is 0 Å². The molecular formula is C14H25NO5S. The smallest absolute Gasteiger partial charge is 0.308 e. The Morgan fingerprint density at radius 1 is 1.14 bits per heavy atom. The van der Waals surface area contributed by atoms with E-state index in [0.717, 1.165) is 25.7 Å². The molecular weight excluding hydrogens is 294 g/mol. The van der Waals surface area contributed by atoms with Crippen molar-refractivity contribution in [1.29, 1.82) is 0 Å². The Balaban J connectivity index is 2.71. The lowest BCUT2D eigenvalue weighted by Crippen LogP contribution is -2.46. The van der Waals surface area contributed by atoms with Crippen LogP contribution in [0.25, 0.3) is 0 Å². The van der Waals surface area contributed by atoms with Crippen molar-refractivity contribution in [3.63, 3.8) is 0 Å². The number of sulfone groups is 1. The average Bonchev–Trinajstić information content (AvgIpc) is 2.31. The van der Waals surface area contributed by atoms with Gasteiger partial charge in [-0.05, 0) is 26.7 Å². The van der Waals surface area contributed by atoms with Crippen LogP contribution in [0.1, 0.15) is 52.4 Å². The minimum Gasteiger partial charge on any atom is -0.481 e. The molecule has 1 amide bonds. The van der Waals surface area contributed by atoms with Gasteiger partial charge in [0.25, 0.3) is 0 Å². The molecule has 0 aromatic heterocycles. The SMILES string of the molecule is CC(C)S(=O)(=O)CC(=O)NC1CCCCCCC1C(=O)O. The molecule has 1 rings (SSSR count). The number of carbonyl (C=O) groups is 2. The van der Waals surface area contributed by atoms with E-state index in [1.54, 1.807) is 0 Å². The van der Waals surface area contributed by atoms with E-state index >= 15 is 0 Å². The van der Waals surface area contributed by atoms with Crippen LogP contribution in [0.4, 0.5) is 0 Å². The van der Waals surface area contributed by atoms with E-state index in [0.29, 0.717) is 12.8 Å². The van der Waals surface area contributed by atoms with E-state index in [-0.39, 0.29) is 0 Å². The van der Waals surface area contributed by atoms with E-state index in [4.69, 9.17) is 0 Å². The highest BCUT2D eigenvalue weighted by Crippen LogP contribution is 2.23. The Kier molecular flexibility index (Phi) is 6.64. The van der Waals surface area contributed by atoms with Crippen LogP contribution in [0, 0.1) is 5.92 Å². The Hall–Kier alpha value is -1.11. The van der Waals surface area contributed by atoms with Crippen molar-refractivity contribution in [2.75, 3.05) is 5.75 Å². The molecule has 2 atom stereocenters. The molecule has 6 nitrogen and oxygen atoms in total. The van der Waals surface area contributed by atoms with E-state index in [9.17, 15) is 23.1 Å². The molecule has 2 unspecified atom stereocenters. The number of hydrogen-bond acceptors (Lipinski definition) is 4. The minimum atomic E-state index is -3.46. The second kappa shape index (κ2) is 7.77. The van der Waals surface area contributed by atoms with Crippen molar-refractivity contribution < 1.29 is 23.1 Å². The highest BCUT2D eigenvalue weighted by atomic mass is 32.2. The normalized spacial score (nSPS) is 24.1. The molecule has 0 aromatic carbocycles. The summed E-state index contributed by atoms with van der Waals surface area (Å²) in [5, 5.41) is 11.3. The largest absolute Gasteiger partial charge is 0.481 e. The fourth-order valence-corrected chi connectivity index (χ4v) is 3.33. The summed E-state index contributed by atoms with van der Waals surface area (Å²) in [5.41, 5.74) is 0. The van der Waals surface area contributed by atoms with Gasteiger partial charge >= 0.3 is 5.97 Å². The summed E-state index contributed by atoms with van der Waals surface area (Å²) in [4.78, 5) is 23.2. The van der Waals surface area contributed by atoms with Gasteiger partial charge in [0.2, 0.25) is 5.91 Å². The van der Waals surface area contributed by atoms with Crippen LogP contribution in [0.5, 0.6) is 0 Å². The molecule has 0 saturated heterocycles. The molecule has 1 saturated carbocycles. The summed E-state index contributed by atoms with van der Waals surface area (Å²) in [6, 6.07) is -0.474. The van der Waals surface area contributed by atoms with Crippen LogP contribution >= 0.6 is 0 Å². The van der Waals surface area contributed by atoms with Crippen molar-refractivity contribution in [2.45, 2.75) is 63.7 Å². The molecule has 0 bridgehead atoms. The zero-order chi connectivity index (χ0) is 16.0. The quantitative estimate of drug-likeness (QED) is 0.796. The lowest BCUT2D eigenvalue weighted by Gasteiger charge is -2.27. The standard InChI is InChI=1S/C14H25NO5S/c1-10(2)21(19,20)9-13(16)15-12-8-6-4-3-5-7-11(12)14(17)18/h10-12H,3-9H2,1-2H3,(H,15,16)(H,17,18). The van der Waals surface area contributed by atoms with Gasteiger partial charge in [0.1, 0.15) is 5.75 Å². The molecule has 21 heavy (non-hydrogen) atoms. The lowest BCUT2D eigenvalue weighted by atomic mass is 9.87. The maximum atomic E-state index is 11.9. The monoisotopic (exact) mass is 319 g/mol. The first-order chi connectivity index (χ1) is 9.74. The molecule has 1 aliphatic carbocycles. The summed E-state index contributed by atoms with van der Waals surface area (Å²) in [5.74, 6) is -2.72. The third-order valence-electron chi connectivity index (χ3n) is 3.98. The van der Waals surface area contributed by atoms with Gasteiger partial charge in [-0.25, -0.2) is 8.42 Å². The van der Waals surface area contributed by atoms with Crippen molar-refractivity contribution in [2.24, 2.45) is 5.92 Å². The van der Waals surface area contributed by atoms with Crippen molar-refractivity contribution in [3.05, 3.63) is 0 Å². The summed E-state index contributed by atoms with van der Waals surface area (Å²) < 4.78 is 23.5. The van der Waals surface area contributed by atoms with Gasteiger partial charge in [0.05, 0.1) is 11.2 Å². The fraction of sp³-hybridized carbons (Fsp3) is 0.857. The molecule has 122 valence electrons. The third kappa shape index (κ3) is 5.65. The first kappa shape index (κ1) is 17.9. The number of hydrogen-bond donors (Lipinski definition) is 2. The number of aliphatic carboxylic acids is 1. The molecule has 0 aromatic rings. The summed E-state index contributed by atoms with van der Waals surface area (Å²) in [7, 11) is -3.46. The maximum Gasteiger partial charge on any atom is 0.308 e. The first-order valence-corrected chi connectivity index (χ1v) is 9.19. The van der Waals surface area contributed by atoms with Crippen molar-refractivity contribution in [1.82, 2.24) is 5.32 Å². The van der Waals surface area contributed by atoms with Crippen LogP contribution in [0.2, 0.25) is 0 Å². The van der Waals surface area contributed by atoms with Gasteiger partial charge in [-0.2, -0.15) is 0 Å². The first-order valence-electron chi connectivity index (χ1n) is 7.47. The molecule has 0 heterocycles. The Morgan fingerprint density at radius 2 is 1.71 bits per heavy atom. The van der Waals surface area contributed by atoms with Crippen LogP contribution in [0.15, 0.2) is 0 Å². The number of carboxylic acid groups (broad SMARTS) is 1. The Morgan fingerprint density at radius 3 is 2.24 bits per heavy atom. The third-order valence-corrected chi connectivity index (χ3v) is 6.08. The van der Waals surface area contributed by atoms with Gasteiger partial charge in [-0.3, -0.25) is 9.59 Å². The second-order valence-corrected chi connectivity index (χ2v) is 8.52. The molecule has 1 aliphatic rings. The highest BCUT2D eigenvalue weighted by Gasteiger charge is 2.31. The summed E-state index contributed by atoms with van der Waals surface area (Å²) in [6.07, 6.45) is 4.82. The Bertz CT molecular complexity index is 472. The zero-order valence-electron chi connectivity index (χ0n) is 12.7. The van der Waals surface area contributed by atoms with E-state index in [1.807, 2.05) is 0 Å². The zero-order valence-corrected chi connectivity index (χ0v) is 13.5. The van der Waals surface area contributed by atoms with E-state index < -0.39 is 44.7 Å². The van der Waals surface area contributed by atoms with Crippen molar-refractivity contribution >= 4 is 21.7 Å². The molecule has 0 radical (unpaired) electrons. The molecule has 7 heteroatoms. The summed E-state index contributed by atoms with van der Waals surface area (Å²) in [6.45, 7) is 3.05. The van der Waals surface area contributed by atoms with Gasteiger partial charge in [-0.15, -0.1) is 0 Å². The number of carbonyl (C=O) groups excluding carboxylic acids is 1. The predicted molar refractivity (Wildman–Crippen MR) is 79.7 cm³/mol. The predicted octanol–water partition coefficient (Wildman–Crippen LogP) is 1.35. The van der Waals surface area contributed by atoms with Gasteiger partial charge < -0.3 is 10.4 Å². The molecule has 0 aliphatic heterocycles. The van der Waals surface area contributed by atoms with Crippen LogP contribution in [-0.2, 0) is 19.4 Å². The maximum absolute atomic E-state index is 11.9. The molecule has 2 N–H and O–H groups in total. The Labute approximate surface area is 126 Å². The number of nitrogens with one attached hydrogen (secondary N) is 1. The van der Waals surface area contributed by atoms with Gasteiger partial charge in [-0.1, -0.05) is 25.7 Å². The number of carboxylic acids is 1. The van der Waals surface area contributed by atoms with E-state index in [1.165, 1.54) is 13.8 Å². The minimum absolute atomic E-state index is 0.474. The fourth-order valence-electron chi connectivity index (χ4n) is 2.55.